The fourth-order valence-corrected chi connectivity index (χ4v) is 4.47. The Morgan fingerprint density at radius 1 is 1.27 bits per heavy atom. The van der Waals surface area contributed by atoms with E-state index in [1.165, 1.54) is 19.3 Å². The first kappa shape index (κ1) is 18.2. The maximum absolute atomic E-state index is 6.62. The smallest absolute Gasteiger partial charge is 0.192 e. The topological polar surface area (TPSA) is 27.7 Å². The van der Waals surface area contributed by atoms with Crippen molar-refractivity contribution in [1.29, 1.82) is 0 Å². The lowest BCUT2D eigenvalue weighted by Gasteiger charge is -2.40. The highest BCUT2D eigenvalue weighted by atomic mass is 28.4. The molecule has 0 unspecified atom stereocenters. The Labute approximate surface area is 137 Å². The van der Waals surface area contributed by atoms with E-state index in [2.05, 4.69) is 40.4 Å². The Bertz CT molecular complexity index is 380. The van der Waals surface area contributed by atoms with Crippen LogP contribution in [0.15, 0.2) is 12.7 Å². The minimum Gasteiger partial charge on any atom is -0.411 e. The predicted molar refractivity (Wildman–Crippen MR) is 93.5 cm³/mol. The van der Waals surface area contributed by atoms with E-state index in [1.807, 2.05) is 6.08 Å². The Kier molecular flexibility index (Phi) is 5.58. The molecule has 0 aromatic heterocycles. The summed E-state index contributed by atoms with van der Waals surface area (Å²) in [5, 5.41) is 0.203. The molecule has 22 heavy (non-hydrogen) atoms. The van der Waals surface area contributed by atoms with Gasteiger partial charge in [-0.3, -0.25) is 0 Å². The van der Waals surface area contributed by atoms with Gasteiger partial charge in [0.05, 0.1) is 12.7 Å². The summed E-state index contributed by atoms with van der Waals surface area (Å²) in [5.74, 6) is -0.320. The van der Waals surface area contributed by atoms with Crippen molar-refractivity contribution < 1.29 is 13.9 Å². The van der Waals surface area contributed by atoms with Crippen LogP contribution in [0, 0.1) is 0 Å². The second-order valence-corrected chi connectivity index (χ2v) is 13.1. The molecule has 1 spiro atoms. The Balaban J connectivity index is 2.04. The SMILES string of the molecule is C=CC[C@H](O[Si](C)(C)C(C)(C)C)[C@H]1COC2(CCCCC2)O1. The minimum atomic E-state index is -1.82. The van der Waals surface area contributed by atoms with E-state index < -0.39 is 8.32 Å². The van der Waals surface area contributed by atoms with Gasteiger partial charge < -0.3 is 13.9 Å². The average Bonchev–Trinajstić information content (AvgIpc) is 2.81. The average molecular weight is 327 g/mol. The van der Waals surface area contributed by atoms with Gasteiger partial charge in [0.2, 0.25) is 0 Å². The van der Waals surface area contributed by atoms with Gasteiger partial charge in [-0.2, -0.15) is 0 Å². The summed E-state index contributed by atoms with van der Waals surface area (Å²) in [6, 6.07) is 0. The lowest BCUT2D eigenvalue weighted by molar-refractivity contribution is -0.194. The first-order valence-electron chi connectivity index (χ1n) is 8.80. The molecule has 2 rings (SSSR count). The van der Waals surface area contributed by atoms with Crippen molar-refractivity contribution in [3.8, 4) is 0 Å². The Hall–Kier alpha value is -0.163. The van der Waals surface area contributed by atoms with E-state index in [0.29, 0.717) is 6.61 Å². The Morgan fingerprint density at radius 2 is 1.91 bits per heavy atom. The van der Waals surface area contributed by atoms with Crippen LogP contribution < -0.4 is 0 Å². The zero-order valence-corrected chi connectivity index (χ0v) is 16.1. The first-order valence-corrected chi connectivity index (χ1v) is 11.7. The molecule has 1 saturated heterocycles. The van der Waals surface area contributed by atoms with Crippen LogP contribution in [0.4, 0.5) is 0 Å². The van der Waals surface area contributed by atoms with Crippen LogP contribution in [-0.4, -0.2) is 32.9 Å². The predicted octanol–water partition coefficient (Wildman–Crippen LogP) is 5.03. The summed E-state index contributed by atoms with van der Waals surface area (Å²) in [4.78, 5) is 0. The van der Waals surface area contributed by atoms with E-state index in [0.717, 1.165) is 19.3 Å². The van der Waals surface area contributed by atoms with Gasteiger partial charge in [0.25, 0.3) is 0 Å². The molecular weight excluding hydrogens is 292 g/mol. The van der Waals surface area contributed by atoms with E-state index in [-0.39, 0.29) is 23.0 Å². The maximum Gasteiger partial charge on any atom is 0.192 e. The van der Waals surface area contributed by atoms with Crippen LogP contribution in [-0.2, 0) is 13.9 Å². The molecule has 0 aromatic rings. The van der Waals surface area contributed by atoms with Crippen molar-refractivity contribution in [1.82, 2.24) is 0 Å². The van der Waals surface area contributed by atoms with Gasteiger partial charge in [0.15, 0.2) is 14.1 Å². The molecule has 3 nitrogen and oxygen atoms in total. The van der Waals surface area contributed by atoms with Crippen molar-refractivity contribution in [3.05, 3.63) is 12.7 Å². The molecule has 0 N–H and O–H groups in total. The molecule has 0 aromatic carbocycles. The molecule has 2 atom stereocenters. The summed E-state index contributed by atoms with van der Waals surface area (Å²) in [7, 11) is -1.82. The first-order chi connectivity index (χ1) is 10.2. The van der Waals surface area contributed by atoms with Crippen LogP contribution in [0.5, 0.6) is 0 Å². The van der Waals surface area contributed by atoms with Gasteiger partial charge in [0, 0.05) is 12.8 Å². The monoisotopic (exact) mass is 326 g/mol. The molecule has 1 aliphatic heterocycles. The van der Waals surface area contributed by atoms with E-state index in [4.69, 9.17) is 13.9 Å². The van der Waals surface area contributed by atoms with Crippen molar-refractivity contribution in [2.75, 3.05) is 6.61 Å². The van der Waals surface area contributed by atoms with Crippen molar-refractivity contribution >= 4 is 8.32 Å². The van der Waals surface area contributed by atoms with Gasteiger partial charge in [-0.05, 0) is 37.4 Å². The van der Waals surface area contributed by atoms with Crippen molar-refractivity contribution in [2.24, 2.45) is 0 Å². The van der Waals surface area contributed by atoms with E-state index >= 15 is 0 Å². The molecule has 2 fully saturated rings. The highest BCUT2D eigenvalue weighted by molar-refractivity contribution is 6.74. The fourth-order valence-electron chi connectivity index (χ4n) is 3.11. The summed E-state index contributed by atoms with van der Waals surface area (Å²) in [6.07, 6.45) is 8.68. The van der Waals surface area contributed by atoms with Gasteiger partial charge in [-0.1, -0.05) is 33.3 Å². The zero-order chi connectivity index (χ0) is 16.4. The summed E-state index contributed by atoms with van der Waals surface area (Å²) in [6.45, 7) is 16.0. The molecule has 4 heteroatoms. The van der Waals surface area contributed by atoms with Gasteiger partial charge in [-0.15, -0.1) is 6.58 Å². The Morgan fingerprint density at radius 3 is 2.45 bits per heavy atom. The normalized spacial score (nSPS) is 27.0. The molecule has 1 heterocycles. The highest BCUT2D eigenvalue weighted by Crippen LogP contribution is 2.42. The second kappa shape index (κ2) is 6.76. The number of hydrogen-bond donors (Lipinski definition) is 0. The number of rotatable bonds is 5. The molecule has 0 bridgehead atoms. The van der Waals surface area contributed by atoms with Crippen LogP contribution in [0.1, 0.15) is 59.3 Å². The third kappa shape index (κ3) is 4.02. The maximum atomic E-state index is 6.62. The van der Waals surface area contributed by atoms with Crippen molar-refractivity contribution in [2.45, 2.75) is 95.4 Å². The molecule has 1 saturated carbocycles. The summed E-state index contributed by atoms with van der Waals surface area (Å²) < 4.78 is 19.1. The van der Waals surface area contributed by atoms with Crippen LogP contribution in [0.3, 0.4) is 0 Å². The molecule has 128 valence electrons. The zero-order valence-electron chi connectivity index (χ0n) is 15.1. The number of hydrogen-bond acceptors (Lipinski definition) is 3. The molecule has 2 aliphatic rings. The van der Waals surface area contributed by atoms with Gasteiger partial charge >= 0.3 is 0 Å². The largest absolute Gasteiger partial charge is 0.411 e. The van der Waals surface area contributed by atoms with Crippen LogP contribution in [0.2, 0.25) is 18.1 Å². The molecular formula is C18H34O3Si. The lowest BCUT2D eigenvalue weighted by atomic mass is 9.94. The third-order valence-corrected chi connectivity index (χ3v) is 10.1. The van der Waals surface area contributed by atoms with Crippen LogP contribution >= 0.6 is 0 Å². The molecule has 1 aliphatic carbocycles. The quantitative estimate of drug-likeness (QED) is 0.524. The summed E-state index contributed by atoms with van der Waals surface area (Å²) >= 11 is 0. The lowest BCUT2D eigenvalue weighted by Crippen LogP contribution is -2.48. The fraction of sp³-hybridized carbons (Fsp3) is 0.889. The number of ether oxygens (including phenoxy) is 2. The molecule has 0 amide bonds. The van der Waals surface area contributed by atoms with E-state index in [9.17, 15) is 0 Å². The third-order valence-electron chi connectivity index (χ3n) is 5.56. The van der Waals surface area contributed by atoms with Gasteiger partial charge in [0.1, 0.15) is 6.10 Å². The second-order valence-electron chi connectivity index (χ2n) is 8.38. The molecule has 0 radical (unpaired) electrons. The van der Waals surface area contributed by atoms with Gasteiger partial charge in [-0.25, -0.2) is 0 Å². The minimum absolute atomic E-state index is 0.0465. The van der Waals surface area contributed by atoms with Crippen LogP contribution in [0.25, 0.3) is 0 Å². The highest BCUT2D eigenvalue weighted by Gasteiger charge is 2.47. The standard InChI is InChI=1S/C18H34O3Si/c1-7-11-15(21-22(5,6)17(2,3)4)16-14-19-18(20-16)12-9-8-10-13-18/h7,15-16H,1,8-14H2,2-6H3/t15-,16+/m0/s1. The summed E-state index contributed by atoms with van der Waals surface area (Å²) in [5.41, 5.74) is 0. The van der Waals surface area contributed by atoms with Crippen molar-refractivity contribution in [3.63, 3.8) is 0 Å². The van der Waals surface area contributed by atoms with E-state index in [1.54, 1.807) is 0 Å².